The van der Waals surface area contributed by atoms with Crippen molar-refractivity contribution in [3.8, 4) is 11.5 Å². The SMILES string of the molecule is COCCCOc1cc(C(=O)N(C(C)C)C2CC(CO)CN(C(=O)OC(C)(C)C)C2)ccc1OC. The second kappa shape index (κ2) is 13.0. The first-order chi connectivity index (χ1) is 16.5. The summed E-state index contributed by atoms with van der Waals surface area (Å²) in [6.45, 7) is 11.0. The Morgan fingerprint density at radius 1 is 1.14 bits per heavy atom. The number of likely N-dealkylation sites (tertiary alicyclic amines) is 1. The first-order valence-corrected chi connectivity index (χ1v) is 12.2. The van der Waals surface area contributed by atoms with Crippen molar-refractivity contribution in [2.24, 2.45) is 5.92 Å². The summed E-state index contributed by atoms with van der Waals surface area (Å²) in [6, 6.07) is 4.74. The van der Waals surface area contributed by atoms with Gasteiger partial charge in [-0.2, -0.15) is 0 Å². The molecule has 0 aliphatic carbocycles. The van der Waals surface area contributed by atoms with E-state index in [-0.39, 0.29) is 30.5 Å². The Morgan fingerprint density at radius 3 is 2.43 bits per heavy atom. The zero-order valence-electron chi connectivity index (χ0n) is 22.2. The number of carbonyl (C=O) groups excluding carboxylic acids is 2. The molecule has 1 fully saturated rings. The highest BCUT2D eigenvalue weighted by Gasteiger charge is 2.38. The molecule has 0 bridgehead atoms. The third kappa shape index (κ3) is 8.28. The Balaban J connectivity index is 2.28. The van der Waals surface area contributed by atoms with Gasteiger partial charge in [-0.15, -0.1) is 0 Å². The highest BCUT2D eigenvalue weighted by Crippen LogP contribution is 2.31. The first-order valence-electron chi connectivity index (χ1n) is 12.2. The van der Waals surface area contributed by atoms with Gasteiger partial charge in [0.25, 0.3) is 5.91 Å². The molecule has 2 rings (SSSR count). The average Bonchev–Trinajstić information content (AvgIpc) is 2.80. The van der Waals surface area contributed by atoms with Gasteiger partial charge in [0.2, 0.25) is 0 Å². The lowest BCUT2D eigenvalue weighted by molar-refractivity contribution is -0.00672. The second-order valence-corrected chi connectivity index (χ2v) is 10.2. The van der Waals surface area contributed by atoms with E-state index in [2.05, 4.69) is 0 Å². The molecule has 2 atom stereocenters. The zero-order valence-corrected chi connectivity index (χ0v) is 22.2. The molecule has 1 aliphatic heterocycles. The number of nitrogens with zero attached hydrogens (tertiary/aromatic N) is 2. The predicted molar refractivity (Wildman–Crippen MR) is 133 cm³/mol. The topological polar surface area (TPSA) is 97.8 Å². The molecule has 0 saturated carbocycles. The maximum Gasteiger partial charge on any atom is 0.410 e. The normalized spacial score (nSPS) is 18.4. The molecule has 1 heterocycles. The van der Waals surface area contributed by atoms with Gasteiger partial charge in [0, 0.05) is 57.4 Å². The molecule has 0 spiro atoms. The van der Waals surface area contributed by atoms with Crippen LogP contribution in [0.5, 0.6) is 11.5 Å². The van der Waals surface area contributed by atoms with Crippen LogP contribution in [-0.4, -0.2) is 91.7 Å². The standard InChI is InChI=1S/C26H42N2O7/c1-18(2)28(21-13-19(17-29)15-27(16-21)25(31)35-26(3,4)5)24(30)20-9-10-22(33-7)23(14-20)34-12-8-11-32-6/h9-10,14,18-19,21,29H,8,11-13,15-17H2,1-7H3. The van der Waals surface area contributed by atoms with Crippen LogP contribution in [0.25, 0.3) is 0 Å². The quantitative estimate of drug-likeness (QED) is 0.497. The smallest absolute Gasteiger partial charge is 0.410 e. The lowest BCUT2D eigenvalue weighted by Crippen LogP contribution is -2.57. The van der Waals surface area contributed by atoms with E-state index in [1.54, 1.807) is 42.2 Å². The number of rotatable bonds is 10. The minimum atomic E-state index is -0.630. The number of carbonyl (C=O) groups is 2. The van der Waals surface area contributed by atoms with E-state index in [1.165, 1.54) is 0 Å². The van der Waals surface area contributed by atoms with Crippen molar-refractivity contribution in [2.45, 2.75) is 65.1 Å². The summed E-state index contributed by atoms with van der Waals surface area (Å²) in [6.07, 6.45) is 0.866. The van der Waals surface area contributed by atoms with Crippen molar-refractivity contribution < 1.29 is 33.6 Å². The van der Waals surface area contributed by atoms with Crippen LogP contribution in [0.3, 0.4) is 0 Å². The Labute approximate surface area is 209 Å². The van der Waals surface area contributed by atoms with E-state index in [1.807, 2.05) is 34.6 Å². The van der Waals surface area contributed by atoms with Gasteiger partial charge >= 0.3 is 6.09 Å². The molecule has 2 unspecified atom stereocenters. The molecule has 1 aliphatic rings. The highest BCUT2D eigenvalue weighted by atomic mass is 16.6. The first kappa shape index (κ1) is 28.7. The lowest BCUT2D eigenvalue weighted by atomic mass is 9.92. The minimum Gasteiger partial charge on any atom is -0.493 e. The molecule has 9 nitrogen and oxygen atoms in total. The number of benzene rings is 1. The number of methoxy groups -OCH3 is 2. The molecule has 2 amide bonds. The zero-order chi connectivity index (χ0) is 26.2. The number of aliphatic hydroxyl groups is 1. The Kier molecular flexibility index (Phi) is 10.6. The van der Waals surface area contributed by atoms with Crippen molar-refractivity contribution in [2.75, 3.05) is 47.1 Å². The van der Waals surface area contributed by atoms with Gasteiger partial charge in [0.05, 0.1) is 19.8 Å². The van der Waals surface area contributed by atoms with Gasteiger partial charge in [-0.3, -0.25) is 4.79 Å². The molecule has 198 valence electrons. The van der Waals surface area contributed by atoms with Crippen molar-refractivity contribution in [1.29, 1.82) is 0 Å². The molecule has 1 saturated heterocycles. The number of piperidine rings is 1. The van der Waals surface area contributed by atoms with E-state index in [9.17, 15) is 14.7 Å². The van der Waals surface area contributed by atoms with Gasteiger partial charge in [0.15, 0.2) is 11.5 Å². The van der Waals surface area contributed by atoms with Crippen molar-refractivity contribution in [3.63, 3.8) is 0 Å². The molecule has 0 radical (unpaired) electrons. The largest absolute Gasteiger partial charge is 0.493 e. The monoisotopic (exact) mass is 494 g/mol. The molecule has 9 heteroatoms. The van der Waals surface area contributed by atoms with Crippen LogP contribution in [0.15, 0.2) is 18.2 Å². The van der Waals surface area contributed by atoms with Crippen LogP contribution in [0, 0.1) is 5.92 Å². The molecule has 35 heavy (non-hydrogen) atoms. The molecule has 1 aromatic rings. The van der Waals surface area contributed by atoms with E-state index in [0.717, 1.165) is 0 Å². The van der Waals surface area contributed by atoms with Gasteiger partial charge in [-0.25, -0.2) is 4.79 Å². The fraction of sp³-hybridized carbons (Fsp3) is 0.692. The Bertz CT molecular complexity index is 837. The van der Waals surface area contributed by atoms with E-state index in [4.69, 9.17) is 18.9 Å². The van der Waals surface area contributed by atoms with Crippen LogP contribution < -0.4 is 9.47 Å². The number of hydrogen-bond donors (Lipinski definition) is 1. The summed E-state index contributed by atoms with van der Waals surface area (Å²) in [7, 11) is 3.19. The van der Waals surface area contributed by atoms with Crippen LogP contribution >= 0.6 is 0 Å². The lowest BCUT2D eigenvalue weighted by Gasteiger charge is -2.44. The van der Waals surface area contributed by atoms with Crippen molar-refractivity contribution in [1.82, 2.24) is 9.80 Å². The highest BCUT2D eigenvalue weighted by molar-refractivity contribution is 5.95. The fourth-order valence-electron chi connectivity index (χ4n) is 4.26. The van der Waals surface area contributed by atoms with Gasteiger partial charge in [-0.05, 0) is 59.2 Å². The third-order valence-electron chi connectivity index (χ3n) is 5.77. The summed E-state index contributed by atoms with van der Waals surface area (Å²) in [5.74, 6) is 0.720. The molecular formula is C26H42N2O7. The van der Waals surface area contributed by atoms with E-state index in [0.29, 0.717) is 56.2 Å². The van der Waals surface area contributed by atoms with E-state index >= 15 is 0 Å². The number of aliphatic hydroxyl groups excluding tert-OH is 1. The van der Waals surface area contributed by atoms with Gasteiger partial charge < -0.3 is 33.9 Å². The molecule has 1 N–H and O–H groups in total. The summed E-state index contributed by atoms with van der Waals surface area (Å²) < 4.78 is 21.9. The summed E-state index contributed by atoms with van der Waals surface area (Å²) >= 11 is 0. The average molecular weight is 495 g/mol. The van der Waals surface area contributed by atoms with E-state index < -0.39 is 11.7 Å². The van der Waals surface area contributed by atoms with Crippen LogP contribution in [0.1, 0.15) is 57.8 Å². The maximum atomic E-state index is 13.7. The number of amides is 2. The Morgan fingerprint density at radius 2 is 1.86 bits per heavy atom. The molecule has 0 aromatic heterocycles. The minimum absolute atomic E-state index is 0.0715. The summed E-state index contributed by atoms with van der Waals surface area (Å²) in [4.78, 5) is 29.9. The van der Waals surface area contributed by atoms with Gasteiger partial charge in [0.1, 0.15) is 5.60 Å². The van der Waals surface area contributed by atoms with Crippen molar-refractivity contribution in [3.05, 3.63) is 23.8 Å². The Hall–Kier alpha value is -2.52. The summed E-state index contributed by atoms with van der Waals surface area (Å²) in [5.41, 5.74) is -0.161. The van der Waals surface area contributed by atoms with Crippen LogP contribution in [0.2, 0.25) is 0 Å². The fourth-order valence-corrected chi connectivity index (χ4v) is 4.26. The number of ether oxygens (including phenoxy) is 4. The molecular weight excluding hydrogens is 452 g/mol. The third-order valence-corrected chi connectivity index (χ3v) is 5.77. The van der Waals surface area contributed by atoms with Crippen molar-refractivity contribution >= 4 is 12.0 Å². The predicted octanol–water partition coefficient (Wildman–Crippen LogP) is 3.58. The van der Waals surface area contributed by atoms with Gasteiger partial charge in [-0.1, -0.05) is 0 Å². The van der Waals surface area contributed by atoms with Crippen LogP contribution in [0.4, 0.5) is 4.79 Å². The van der Waals surface area contributed by atoms with Crippen LogP contribution in [-0.2, 0) is 9.47 Å². The second-order valence-electron chi connectivity index (χ2n) is 10.2. The summed E-state index contributed by atoms with van der Waals surface area (Å²) in [5, 5.41) is 9.91. The number of hydrogen-bond acceptors (Lipinski definition) is 7. The maximum absolute atomic E-state index is 13.7. The molecule has 1 aromatic carbocycles.